The van der Waals surface area contributed by atoms with Crippen molar-refractivity contribution in [3.05, 3.63) is 36.4 Å². The summed E-state index contributed by atoms with van der Waals surface area (Å²) in [5.74, 6) is 0.275. The molecule has 31 heavy (non-hydrogen) atoms. The second-order valence-electron chi connectivity index (χ2n) is 7.23. The predicted octanol–water partition coefficient (Wildman–Crippen LogP) is -1.52. The van der Waals surface area contributed by atoms with Crippen molar-refractivity contribution >= 4 is 11.6 Å². The third-order valence-corrected chi connectivity index (χ3v) is 4.88. The minimum Gasteiger partial charge on any atom is -0.461 e. The molecule has 1 aromatic rings. The van der Waals surface area contributed by atoms with E-state index in [1.807, 2.05) is 0 Å². The van der Waals surface area contributed by atoms with Gasteiger partial charge in [0.25, 0.3) is 0 Å². The fraction of sp³-hybridized carbons (Fsp3) is 0.550. The van der Waals surface area contributed by atoms with E-state index in [-0.39, 0.29) is 5.91 Å². The highest BCUT2D eigenvalue weighted by Gasteiger charge is 2.45. The Kier molecular flexibility index (Phi) is 7.97. The van der Waals surface area contributed by atoms with Gasteiger partial charge in [-0.25, -0.2) is 0 Å². The van der Waals surface area contributed by atoms with Gasteiger partial charge in [-0.1, -0.05) is 6.08 Å². The van der Waals surface area contributed by atoms with Gasteiger partial charge in [0.2, 0.25) is 12.2 Å². The highest BCUT2D eigenvalue weighted by molar-refractivity contribution is 5.88. The minimum atomic E-state index is -1.58. The van der Waals surface area contributed by atoms with Gasteiger partial charge in [-0.05, 0) is 30.3 Å². The molecule has 6 N–H and O–H groups in total. The number of carbonyl (C=O) groups is 1. The van der Waals surface area contributed by atoms with Crippen molar-refractivity contribution in [1.82, 2.24) is 0 Å². The Balaban J connectivity index is 1.62. The lowest BCUT2D eigenvalue weighted by Gasteiger charge is -2.42. The van der Waals surface area contributed by atoms with Gasteiger partial charge >= 0.3 is 0 Å². The molecule has 0 aromatic heterocycles. The van der Waals surface area contributed by atoms with E-state index in [1.165, 1.54) is 6.92 Å². The van der Waals surface area contributed by atoms with E-state index < -0.39 is 62.4 Å². The average molecular weight is 441 g/mol. The molecular weight excluding hydrogens is 414 g/mol. The Hall–Kier alpha value is -2.09. The van der Waals surface area contributed by atoms with Crippen molar-refractivity contribution in [2.45, 2.75) is 56.1 Å². The van der Waals surface area contributed by atoms with Crippen molar-refractivity contribution in [1.29, 1.82) is 0 Å². The molecule has 0 saturated carbocycles. The molecule has 0 bridgehead atoms. The van der Waals surface area contributed by atoms with Crippen molar-refractivity contribution < 1.29 is 49.3 Å². The predicted molar refractivity (Wildman–Crippen MR) is 105 cm³/mol. The summed E-state index contributed by atoms with van der Waals surface area (Å²) in [5.41, 5.74) is 0.612. The fourth-order valence-corrected chi connectivity index (χ4v) is 3.26. The number of aliphatic hydroxyl groups is 5. The lowest BCUT2D eigenvalue weighted by Crippen LogP contribution is -2.60. The molecule has 2 aliphatic rings. The summed E-state index contributed by atoms with van der Waals surface area (Å²) < 4.78 is 22.3. The van der Waals surface area contributed by atoms with Crippen LogP contribution < -0.4 is 10.1 Å². The van der Waals surface area contributed by atoms with E-state index in [1.54, 1.807) is 36.4 Å². The summed E-state index contributed by atoms with van der Waals surface area (Å²) in [6, 6.07) is 6.62. The van der Waals surface area contributed by atoms with Crippen LogP contribution in [0.15, 0.2) is 36.4 Å². The zero-order chi connectivity index (χ0) is 22.5. The van der Waals surface area contributed by atoms with Gasteiger partial charge < -0.3 is 49.8 Å². The number of nitrogens with one attached hydrogen (secondary N) is 1. The number of ether oxygens (including phenoxy) is 4. The average Bonchev–Trinajstić information content (AvgIpc) is 2.76. The number of carbonyl (C=O) groups excluding carboxylic acids is 1. The number of hydrogen-bond acceptors (Lipinski definition) is 10. The second kappa shape index (κ2) is 10.5. The van der Waals surface area contributed by atoms with Crippen molar-refractivity contribution in [3.63, 3.8) is 0 Å². The molecule has 11 heteroatoms. The summed E-state index contributed by atoms with van der Waals surface area (Å²) in [5, 5.41) is 51.4. The second-order valence-corrected chi connectivity index (χ2v) is 7.23. The Morgan fingerprint density at radius 2 is 1.65 bits per heavy atom. The van der Waals surface area contributed by atoms with Gasteiger partial charge in [-0.2, -0.15) is 0 Å². The molecule has 0 aliphatic carbocycles. The lowest BCUT2D eigenvalue weighted by atomic mass is 9.99. The molecule has 1 aromatic carbocycles. The Morgan fingerprint density at radius 3 is 2.26 bits per heavy atom. The number of amides is 1. The minimum absolute atomic E-state index is 0.191. The van der Waals surface area contributed by atoms with Crippen LogP contribution in [-0.4, -0.2) is 93.9 Å². The zero-order valence-electron chi connectivity index (χ0n) is 16.8. The molecule has 2 heterocycles. The first-order chi connectivity index (χ1) is 14.8. The quantitative estimate of drug-likeness (QED) is 0.274. The molecule has 2 aliphatic heterocycles. The molecule has 0 spiro atoms. The van der Waals surface area contributed by atoms with E-state index in [0.29, 0.717) is 11.4 Å². The lowest BCUT2D eigenvalue weighted by molar-refractivity contribution is -0.317. The van der Waals surface area contributed by atoms with Crippen molar-refractivity contribution in [2.75, 3.05) is 18.5 Å². The molecule has 1 saturated heterocycles. The van der Waals surface area contributed by atoms with Crippen LogP contribution in [0.1, 0.15) is 6.92 Å². The van der Waals surface area contributed by atoms with Crippen LogP contribution in [0.4, 0.5) is 5.69 Å². The molecule has 1 amide bonds. The van der Waals surface area contributed by atoms with Gasteiger partial charge in [-0.15, -0.1) is 0 Å². The summed E-state index contributed by atoms with van der Waals surface area (Å²) in [6.07, 6.45) is -6.57. The van der Waals surface area contributed by atoms with E-state index in [4.69, 9.17) is 18.9 Å². The number of benzene rings is 1. The molecule has 3 rings (SSSR count). The topological polar surface area (TPSA) is 167 Å². The fourth-order valence-electron chi connectivity index (χ4n) is 3.26. The monoisotopic (exact) mass is 441 g/mol. The van der Waals surface area contributed by atoms with E-state index in [9.17, 15) is 30.3 Å². The van der Waals surface area contributed by atoms with E-state index in [2.05, 4.69) is 5.32 Å². The van der Waals surface area contributed by atoms with Gasteiger partial charge in [0.05, 0.1) is 13.2 Å². The van der Waals surface area contributed by atoms with Crippen LogP contribution >= 0.6 is 0 Å². The molecule has 1 fully saturated rings. The van der Waals surface area contributed by atoms with Crippen LogP contribution in [-0.2, 0) is 19.0 Å². The third-order valence-electron chi connectivity index (χ3n) is 4.88. The highest BCUT2D eigenvalue weighted by atomic mass is 16.7. The number of aliphatic hydroxyl groups excluding tert-OH is 5. The summed E-state index contributed by atoms with van der Waals surface area (Å²) in [6.45, 7) is 0.387. The Labute approximate surface area is 178 Å². The maximum Gasteiger partial charge on any atom is 0.221 e. The van der Waals surface area contributed by atoms with Gasteiger partial charge in [-0.3, -0.25) is 4.79 Å². The van der Waals surface area contributed by atoms with E-state index in [0.717, 1.165) is 0 Å². The van der Waals surface area contributed by atoms with E-state index >= 15 is 0 Å². The van der Waals surface area contributed by atoms with Crippen molar-refractivity contribution in [2.24, 2.45) is 0 Å². The standard InChI is InChI=1S/C20H27NO10/c1-10(24)21-11-2-4-12(5-3-11)28-16-7-6-13(14(8-22)29-16)30-20-19(27)18(26)17(25)15(9-23)31-20/h2-7,13-20,22-23,25-27H,8-9H2,1H3,(H,21,24)/t13?,14?,15?,16-,17+,18?,19+,20-/m0/s1. The Morgan fingerprint density at radius 1 is 0.968 bits per heavy atom. The van der Waals surface area contributed by atoms with Crippen LogP contribution in [0.2, 0.25) is 0 Å². The SMILES string of the molecule is CC(=O)Nc1ccc(O[C@@H]2C=CC(O[C@H]3OC(CO)[C@@H](O)C(O)[C@H]3O)C(CO)O2)cc1. The highest BCUT2D eigenvalue weighted by Crippen LogP contribution is 2.27. The zero-order valence-corrected chi connectivity index (χ0v) is 16.8. The maximum atomic E-state index is 11.1. The summed E-state index contributed by atoms with van der Waals surface area (Å²) in [7, 11) is 0. The van der Waals surface area contributed by atoms with Crippen molar-refractivity contribution in [3.8, 4) is 5.75 Å². The third kappa shape index (κ3) is 5.79. The van der Waals surface area contributed by atoms with Crippen LogP contribution in [0.3, 0.4) is 0 Å². The van der Waals surface area contributed by atoms with Crippen LogP contribution in [0.5, 0.6) is 5.75 Å². The molecule has 8 atom stereocenters. The normalized spacial score (nSPS) is 35.5. The largest absolute Gasteiger partial charge is 0.461 e. The van der Waals surface area contributed by atoms with Crippen LogP contribution in [0.25, 0.3) is 0 Å². The number of hydrogen-bond donors (Lipinski definition) is 6. The first-order valence-corrected chi connectivity index (χ1v) is 9.77. The van der Waals surface area contributed by atoms with Crippen LogP contribution in [0, 0.1) is 0 Å². The van der Waals surface area contributed by atoms with Gasteiger partial charge in [0.15, 0.2) is 6.29 Å². The molecule has 4 unspecified atom stereocenters. The number of anilines is 1. The summed E-state index contributed by atoms with van der Waals surface area (Å²) >= 11 is 0. The molecule has 0 radical (unpaired) electrons. The summed E-state index contributed by atoms with van der Waals surface area (Å²) in [4.78, 5) is 11.1. The Bertz CT molecular complexity index is 755. The maximum absolute atomic E-state index is 11.1. The van der Waals surface area contributed by atoms with Gasteiger partial charge in [0.1, 0.15) is 42.4 Å². The first kappa shape index (κ1) is 23.6. The molecule has 11 nitrogen and oxygen atoms in total. The smallest absolute Gasteiger partial charge is 0.221 e. The van der Waals surface area contributed by atoms with Gasteiger partial charge in [0, 0.05) is 12.6 Å². The first-order valence-electron chi connectivity index (χ1n) is 9.77. The number of rotatable bonds is 7. The molecule has 172 valence electrons. The molecular formula is C20H27NO10.